The number of fused-ring (bicyclic) bond motifs is 1. The molecule has 2 aromatic carbocycles. The van der Waals surface area contributed by atoms with E-state index in [0.717, 1.165) is 17.8 Å². The number of benzene rings is 2. The Kier molecular flexibility index (Phi) is 5.26. The second-order valence-electron chi connectivity index (χ2n) is 7.64. The van der Waals surface area contributed by atoms with E-state index in [1.165, 1.54) is 6.07 Å². The van der Waals surface area contributed by atoms with Crippen molar-refractivity contribution in [1.29, 1.82) is 5.26 Å². The minimum Gasteiger partial charge on any atom is -0.483 e. The second kappa shape index (κ2) is 8.41. The summed E-state index contributed by atoms with van der Waals surface area (Å²) in [7, 11) is 0. The van der Waals surface area contributed by atoms with Crippen LogP contribution >= 0.6 is 0 Å². The molecule has 34 heavy (non-hydrogen) atoms. The highest BCUT2D eigenvalue weighted by Gasteiger charge is 2.38. The van der Waals surface area contributed by atoms with E-state index >= 15 is 0 Å². The van der Waals surface area contributed by atoms with Crippen molar-refractivity contribution in [3.63, 3.8) is 0 Å². The van der Waals surface area contributed by atoms with E-state index in [9.17, 15) is 14.0 Å². The molecule has 1 unspecified atom stereocenters. The zero-order valence-corrected chi connectivity index (χ0v) is 18.0. The van der Waals surface area contributed by atoms with Gasteiger partial charge in [0.1, 0.15) is 35.6 Å². The molecule has 0 fully saturated rings. The van der Waals surface area contributed by atoms with E-state index < -0.39 is 17.6 Å². The van der Waals surface area contributed by atoms with Crippen LogP contribution in [0.25, 0.3) is 5.69 Å². The summed E-state index contributed by atoms with van der Waals surface area (Å²) in [5.41, 5.74) is 8.37. The summed E-state index contributed by atoms with van der Waals surface area (Å²) in [6.45, 7) is 1.72. The van der Waals surface area contributed by atoms with Crippen LogP contribution in [0.2, 0.25) is 0 Å². The number of allylic oxidation sites excluding steroid dienone is 1. The van der Waals surface area contributed by atoms with Crippen molar-refractivity contribution < 1.29 is 22.7 Å². The molecule has 5 rings (SSSR count). The lowest BCUT2D eigenvalue weighted by Gasteiger charge is -2.23. The van der Waals surface area contributed by atoms with Gasteiger partial charge in [-0.15, -0.1) is 0 Å². The van der Waals surface area contributed by atoms with E-state index in [1.54, 1.807) is 16.8 Å². The topological polar surface area (TPSA) is 99.2 Å². The van der Waals surface area contributed by atoms with Crippen LogP contribution in [0.3, 0.4) is 0 Å². The first-order valence-corrected chi connectivity index (χ1v) is 10.3. The standard InChI is InChI=1S/C25H18F2N4O3/c1-14-22-23(21-10-8-17(33-21)13-32-20-9-7-15(26)11-19(20)27)18(12-28)24(29)34-25(22)31(30-14)16-5-3-2-4-6-16/h2-11,23H,13,29H2,1H3. The molecule has 0 bridgehead atoms. The van der Waals surface area contributed by atoms with Gasteiger partial charge in [0.2, 0.25) is 11.8 Å². The van der Waals surface area contributed by atoms with Crippen LogP contribution in [0.4, 0.5) is 8.78 Å². The maximum Gasteiger partial charge on any atom is 0.229 e. The third-order valence-electron chi connectivity index (χ3n) is 5.46. The summed E-state index contributed by atoms with van der Waals surface area (Å²) in [5.74, 6) is -1.09. The van der Waals surface area contributed by atoms with E-state index in [0.29, 0.717) is 28.7 Å². The average Bonchev–Trinajstić information content (AvgIpc) is 3.43. The molecule has 0 aliphatic carbocycles. The van der Waals surface area contributed by atoms with Crippen molar-refractivity contribution in [2.45, 2.75) is 19.4 Å². The number of hydrogen-bond acceptors (Lipinski definition) is 6. The average molecular weight is 460 g/mol. The van der Waals surface area contributed by atoms with Gasteiger partial charge in [-0.2, -0.15) is 10.4 Å². The minimum atomic E-state index is -0.813. The number of nitrogens with zero attached hydrogens (tertiary/aromatic N) is 3. The van der Waals surface area contributed by atoms with E-state index in [-0.39, 0.29) is 23.8 Å². The molecule has 0 amide bonds. The van der Waals surface area contributed by atoms with Crippen LogP contribution < -0.4 is 15.2 Å². The number of para-hydroxylation sites is 1. The summed E-state index contributed by atoms with van der Waals surface area (Å²) in [5, 5.41) is 14.4. The fourth-order valence-corrected chi connectivity index (χ4v) is 3.91. The number of furan rings is 1. The lowest BCUT2D eigenvalue weighted by Crippen LogP contribution is -2.21. The summed E-state index contributed by atoms with van der Waals surface area (Å²) >= 11 is 0. The number of halogens is 2. The van der Waals surface area contributed by atoms with Gasteiger partial charge in [-0.05, 0) is 43.3 Å². The lowest BCUT2D eigenvalue weighted by molar-refractivity contribution is 0.253. The number of nitrogens with two attached hydrogens (primary N) is 1. The maximum absolute atomic E-state index is 13.9. The smallest absolute Gasteiger partial charge is 0.229 e. The molecule has 0 spiro atoms. The molecule has 170 valence electrons. The van der Waals surface area contributed by atoms with Crippen molar-refractivity contribution in [1.82, 2.24) is 9.78 Å². The molecule has 1 aliphatic rings. The molecule has 9 heteroatoms. The summed E-state index contributed by atoms with van der Waals surface area (Å²) in [6, 6.07) is 17.9. The minimum absolute atomic E-state index is 0.0420. The van der Waals surface area contributed by atoms with Crippen LogP contribution in [-0.2, 0) is 6.61 Å². The highest BCUT2D eigenvalue weighted by Crippen LogP contribution is 2.45. The highest BCUT2D eigenvalue weighted by molar-refractivity contribution is 5.55. The number of aryl methyl sites for hydroxylation is 1. The number of ether oxygens (including phenoxy) is 2. The van der Waals surface area contributed by atoms with Gasteiger partial charge in [-0.3, -0.25) is 0 Å². The van der Waals surface area contributed by atoms with Crippen LogP contribution in [0.15, 0.2) is 76.5 Å². The van der Waals surface area contributed by atoms with Crippen LogP contribution in [0.5, 0.6) is 11.6 Å². The molecule has 0 saturated carbocycles. The quantitative estimate of drug-likeness (QED) is 0.457. The van der Waals surface area contributed by atoms with Crippen molar-refractivity contribution >= 4 is 0 Å². The SMILES string of the molecule is Cc1nn(-c2ccccc2)c2c1C(c1ccc(COc3ccc(F)cc3F)o1)C(C#N)=C(N)O2. The van der Waals surface area contributed by atoms with E-state index in [2.05, 4.69) is 11.2 Å². The van der Waals surface area contributed by atoms with Crippen molar-refractivity contribution in [3.05, 3.63) is 107 Å². The van der Waals surface area contributed by atoms with Gasteiger partial charge in [-0.25, -0.2) is 13.5 Å². The Bertz CT molecular complexity index is 1450. The Morgan fingerprint density at radius 3 is 2.68 bits per heavy atom. The first-order chi connectivity index (χ1) is 16.5. The second-order valence-corrected chi connectivity index (χ2v) is 7.64. The molecule has 2 aromatic heterocycles. The Hall–Kier alpha value is -4.58. The largest absolute Gasteiger partial charge is 0.483 e. The summed E-state index contributed by atoms with van der Waals surface area (Å²) in [6.07, 6.45) is 0. The van der Waals surface area contributed by atoms with Crippen molar-refractivity contribution in [2.75, 3.05) is 0 Å². The van der Waals surface area contributed by atoms with Crippen molar-refractivity contribution in [2.24, 2.45) is 5.73 Å². The van der Waals surface area contributed by atoms with E-state index in [1.807, 2.05) is 37.3 Å². The normalized spacial score (nSPS) is 14.9. The van der Waals surface area contributed by atoms with Gasteiger partial charge >= 0.3 is 0 Å². The molecule has 4 aromatic rings. The summed E-state index contributed by atoms with van der Waals surface area (Å²) in [4.78, 5) is 0. The predicted molar refractivity (Wildman–Crippen MR) is 117 cm³/mol. The highest BCUT2D eigenvalue weighted by atomic mass is 19.1. The van der Waals surface area contributed by atoms with E-state index in [4.69, 9.17) is 19.6 Å². The number of nitriles is 1. The zero-order valence-electron chi connectivity index (χ0n) is 18.0. The number of hydrogen-bond donors (Lipinski definition) is 1. The molecule has 7 nitrogen and oxygen atoms in total. The molecule has 3 heterocycles. The fraction of sp³-hybridized carbons (Fsp3) is 0.120. The molecule has 0 radical (unpaired) electrons. The third-order valence-corrected chi connectivity index (χ3v) is 5.46. The lowest BCUT2D eigenvalue weighted by atomic mass is 9.88. The fourth-order valence-electron chi connectivity index (χ4n) is 3.91. The Morgan fingerprint density at radius 2 is 1.94 bits per heavy atom. The van der Waals surface area contributed by atoms with Crippen LogP contribution in [0, 0.1) is 29.9 Å². The van der Waals surface area contributed by atoms with Crippen LogP contribution in [-0.4, -0.2) is 9.78 Å². The van der Waals surface area contributed by atoms with Gasteiger partial charge in [0.15, 0.2) is 11.6 Å². The first kappa shape index (κ1) is 21.3. The van der Waals surface area contributed by atoms with Gasteiger partial charge < -0.3 is 19.6 Å². The molecule has 2 N–H and O–H groups in total. The summed E-state index contributed by atoms with van der Waals surface area (Å²) < 4.78 is 45.8. The Labute approximate surface area is 193 Å². The maximum atomic E-state index is 13.9. The van der Waals surface area contributed by atoms with Gasteiger partial charge in [0, 0.05) is 6.07 Å². The molecular weight excluding hydrogens is 442 g/mol. The van der Waals surface area contributed by atoms with Gasteiger partial charge in [-0.1, -0.05) is 18.2 Å². The number of aromatic nitrogens is 2. The molecule has 1 aliphatic heterocycles. The molecular formula is C25H18F2N4O3. The Morgan fingerprint density at radius 1 is 1.15 bits per heavy atom. The zero-order chi connectivity index (χ0) is 23.8. The monoisotopic (exact) mass is 460 g/mol. The Balaban J connectivity index is 1.50. The number of rotatable bonds is 5. The first-order valence-electron chi connectivity index (χ1n) is 10.3. The van der Waals surface area contributed by atoms with Gasteiger partial charge in [0.25, 0.3) is 0 Å². The third kappa shape index (κ3) is 3.65. The van der Waals surface area contributed by atoms with Crippen molar-refractivity contribution in [3.8, 4) is 23.4 Å². The van der Waals surface area contributed by atoms with Crippen LogP contribution in [0.1, 0.15) is 28.7 Å². The molecule has 1 atom stereocenters. The van der Waals surface area contributed by atoms with Gasteiger partial charge in [0.05, 0.1) is 22.9 Å². The molecule has 0 saturated heterocycles. The predicted octanol–water partition coefficient (Wildman–Crippen LogP) is 4.85.